The van der Waals surface area contributed by atoms with Crippen molar-refractivity contribution in [3.63, 3.8) is 0 Å². The maximum absolute atomic E-state index is 12.3. The fourth-order valence-corrected chi connectivity index (χ4v) is 4.41. The molecule has 1 N–H and O–H groups in total. The Bertz CT molecular complexity index is 503. The van der Waals surface area contributed by atoms with Crippen LogP contribution in [0.1, 0.15) is 48.0 Å². The van der Waals surface area contributed by atoms with E-state index in [2.05, 4.69) is 5.32 Å². The number of sulfone groups is 1. The van der Waals surface area contributed by atoms with Crippen LogP contribution in [0.15, 0.2) is 0 Å². The van der Waals surface area contributed by atoms with Gasteiger partial charge in [0.2, 0.25) is 0 Å². The van der Waals surface area contributed by atoms with Gasteiger partial charge in [0.15, 0.2) is 9.84 Å². The summed E-state index contributed by atoms with van der Waals surface area (Å²) in [5.74, 6) is 0.755. The summed E-state index contributed by atoms with van der Waals surface area (Å²) in [6.45, 7) is 13.3. The van der Waals surface area contributed by atoms with Crippen molar-refractivity contribution in [2.45, 2.75) is 59.1 Å². The molecule has 0 radical (unpaired) electrons. The summed E-state index contributed by atoms with van der Waals surface area (Å²) in [6.07, 6.45) is 0.403. The number of hydrogen-bond acceptors (Lipinski definition) is 5. The maximum atomic E-state index is 12.3. The summed E-state index contributed by atoms with van der Waals surface area (Å²) in [5, 5.41) is 3.27. The zero-order valence-corrected chi connectivity index (χ0v) is 16.1. The molecule has 0 bridgehead atoms. The Balaban J connectivity index is 2.45. The van der Waals surface area contributed by atoms with Gasteiger partial charge >= 0.3 is 6.09 Å². The minimum absolute atomic E-state index is 0.185. The van der Waals surface area contributed by atoms with Crippen LogP contribution in [0.4, 0.5) is 4.79 Å². The van der Waals surface area contributed by atoms with E-state index < -0.39 is 15.4 Å². The largest absolute Gasteiger partial charge is 0.444 e. The highest BCUT2D eigenvalue weighted by Crippen LogP contribution is 2.19. The maximum Gasteiger partial charge on any atom is 0.410 e. The average Bonchev–Trinajstić information content (AvgIpc) is 2.64. The fraction of sp³-hybridized carbons (Fsp3) is 0.938. The Morgan fingerprint density at radius 3 is 2.26 bits per heavy atom. The lowest BCUT2D eigenvalue weighted by atomic mass is 10.1. The second-order valence-corrected chi connectivity index (χ2v) is 10.5. The predicted molar refractivity (Wildman–Crippen MR) is 92.3 cm³/mol. The molecule has 1 fully saturated rings. The van der Waals surface area contributed by atoms with E-state index in [9.17, 15) is 13.2 Å². The van der Waals surface area contributed by atoms with Crippen molar-refractivity contribution >= 4 is 15.9 Å². The molecular formula is C16H32N2O4S. The number of nitrogens with zero attached hydrogens (tertiary/aromatic N) is 1. The standard InChI is InChI=1S/C16H32N2O4S/c1-15(2,3)18(14(19)22-16(4,5)6)9-8-17-11-13-7-10-23(20,21)12-13/h13,17H,7-12H2,1-6H3. The summed E-state index contributed by atoms with van der Waals surface area (Å²) >= 11 is 0. The number of carbonyl (C=O) groups is 1. The minimum Gasteiger partial charge on any atom is -0.444 e. The van der Waals surface area contributed by atoms with Gasteiger partial charge in [0.1, 0.15) is 5.60 Å². The smallest absolute Gasteiger partial charge is 0.410 e. The average molecular weight is 349 g/mol. The van der Waals surface area contributed by atoms with Crippen LogP contribution >= 0.6 is 0 Å². The molecule has 1 heterocycles. The number of nitrogens with one attached hydrogen (secondary N) is 1. The molecule has 1 amide bonds. The van der Waals surface area contributed by atoms with Gasteiger partial charge in [-0.15, -0.1) is 0 Å². The SMILES string of the molecule is CC(C)(C)OC(=O)N(CCNCC1CCS(=O)(=O)C1)C(C)(C)C. The third kappa shape index (κ3) is 7.52. The van der Waals surface area contributed by atoms with Gasteiger partial charge in [-0.25, -0.2) is 13.2 Å². The van der Waals surface area contributed by atoms with Crippen molar-refractivity contribution in [2.24, 2.45) is 5.92 Å². The fourth-order valence-electron chi connectivity index (χ4n) is 2.55. The van der Waals surface area contributed by atoms with E-state index >= 15 is 0 Å². The lowest BCUT2D eigenvalue weighted by Crippen LogP contribution is -2.50. The van der Waals surface area contributed by atoms with Gasteiger partial charge in [-0.2, -0.15) is 0 Å². The number of amides is 1. The summed E-state index contributed by atoms with van der Waals surface area (Å²) in [5.41, 5.74) is -0.854. The Morgan fingerprint density at radius 2 is 1.83 bits per heavy atom. The van der Waals surface area contributed by atoms with Gasteiger partial charge in [-0.05, 0) is 60.4 Å². The van der Waals surface area contributed by atoms with Crippen molar-refractivity contribution in [1.82, 2.24) is 10.2 Å². The van der Waals surface area contributed by atoms with Crippen LogP contribution in [-0.4, -0.2) is 61.7 Å². The molecule has 1 saturated heterocycles. The number of hydrogen-bond donors (Lipinski definition) is 1. The minimum atomic E-state index is -2.83. The van der Waals surface area contributed by atoms with Gasteiger partial charge in [0.25, 0.3) is 0 Å². The van der Waals surface area contributed by atoms with Crippen molar-refractivity contribution in [3.05, 3.63) is 0 Å². The van der Waals surface area contributed by atoms with E-state index in [-0.39, 0.29) is 23.3 Å². The molecule has 0 aromatic rings. The van der Waals surface area contributed by atoms with Crippen LogP contribution in [0.25, 0.3) is 0 Å². The van der Waals surface area contributed by atoms with E-state index in [1.165, 1.54) is 0 Å². The van der Waals surface area contributed by atoms with Crippen LogP contribution in [0.5, 0.6) is 0 Å². The van der Waals surface area contributed by atoms with E-state index in [0.717, 1.165) is 6.42 Å². The van der Waals surface area contributed by atoms with Crippen LogP contribution in [0.2, 0.25) is 0 Å². The van der Waals surface area contributed by atoms with E-state index in [1.807, 2.05) is 41.5 Å². The molecule has 0 aromatic carbocycles. The molecule has 1 aliphatic rings. The third-order valence-corrected chi connectivity index (χ3v) is 5.53. The Hall–Kier alpha value is -0.820. The van der Waals surface area contributed by atoms with Crippen molar-refractivity contribution in [3.8, 4) is 0 Å². The molecule has 0 saturated carbocycles. The first-order valence-electron chi connectivity index (χ1n) is 8.22. The number of ether oxygens (including phenoxy) is 1. The topological polar surface area (TPSA) is 75.7 Å². The molecule has 1 aliphatic heterocycles. The van der Waals surface area contributed by atoms with Crippen LogP contribution in [0.3, 0.4) is 0 Å². The second kappa shape index (κ2) is 7.38. The molecule has 23 heavy (non-hydrogen) atoms. The highest BCUT2D eigenvalue weighted by atomic mass is 32.2. The van der Waals surface area contributed by atoms with E-state index in [1.54, 1.807) is 4.90 Å². The van der Waals surface area contributed by atoms with Gasteiger partial charge < -0.3 is 15.0 Å². The lowest BCUT2D eigenvalue weighted by Gasteiger charge is -2.37. The molecule has 1 rings (SSSR count). The molecular weight excluding hydrogens is 316 g/mol. The van der Waals surface area contributed by atoms with Gasteiger partial charge in [-0.3, -0.25) is 0 Å². The molecule has 1 atom stereocenters. The summed E-state index contributed by atoms with van der Waals surface area (Å²) in [6, 6.07) is 0. The normalized spacial score (nSPS) is 21.2. The van der Waals surface area contributed by atoms with Crippen molar-refractivity contribution in [2.75, 3.05) is 31.1 Å². The van der Waals surface area contributed by atoms with Crippen LogP contribution in [-0.2, 0) is 14.6 Å². The second-order valence-electron chi connectivity index (χ2n) is 8.28. The Labute approximate surface area is 140 Å². The monoisotopic (exact) mass is 348 g/mol. The molecule has 1 unspecified atom stereocenters. The van der Waals surface area contributed by atoms with Crippen LogP contribution in [0, 0.1) is 5.92 Å². The number of rotatable bonds is 5. The summed E-state index contributed by atoms with van der Waals surface area (Å²) in [7, 11) is -2.83. The Morgan fingerprint density at radius 1 is 1.22 bits per heavy atom. The van der Waals surface area contributed by atoms with E-state index in [4.69, 9.17) is 4.74 Å². The van der Waals surface area contributed by atoms with Gasteiger partial charge in [0.05, 0.1) is 11.5 Å². The van der Waals surface area contributed by atoms with Crippen molar-refractivity contribution < 1.29 is 17.9 Å². The molecule has 0 aromatic heterocycles. The summed E-state index contributed by atoms with van der Waals surface area (Å²) < 4.78 is 28.3. The molecule has 0 spiro atoms. The highest BCUT2D eigenvalue weighted by molar-refractivity contribution is 7.91. The molecule has 0 aliphatic carbocycles. The first kappa shape index (κ1) is 20.2. The molecule has 136 valence electrons. The molecule has 7 heteroatoms. The third-order valence-electron chi connectivity index (χ3n) is 3.70. The lowest BCUT2D eigenvalue weighted by molar-refractivity contribution is 0.00662. The van der Waals surface area contributed by atoms with Gasteiger partial charge in [0, 0.05) is 18.6 Å². The Kier molecular flexibility index (Phi) is 6.49. The highest BCUT2D eigenvalue weighted by Gasteiger charge is 2.31. The first-order chi connectivity index (χ1) is 10.3. The zero-order chi connectivity index (χ0) is 17.9. The summed E-state index contributed by atoms with van der Waals surface area (Å²) in [4.78, 5) is 14.0. The predicted octanol–water partition coefficient (Wildman–Crippen LogP) is 2.05. The number of carbonyl (C=O) groups excluding carboxylic acids is 1. The van der Waals surface area contributed by atoms with E-state index in [0.29, 0.717) is 25.4 Å². The van der Waals surface area contributed by atoms with Crippen LogP contribution < -0.4 is 5.32 Å². The zero-order valence-electron chi connectivity index (χ0n) is 15.3. The molecule has 6 nitrogen and oxygen atoms in total. The quantitative estimate of drug-likeness (QED) is 0.770. The van der Waals surface area contributed by atoms with Crippen molar-refractivity contribution in [1.29, 1.82) is 0 Å². The van der Waals surface area contributed by atoms with Gasteiger partial charge in [-0.1, -0.05) is 0 Å². The first-order valence-corrected chi connectivity index (χ1v) is 10.0.